The number of pyridine rings is 1. The maximum Gasteiger partial charge on any atom is 0.100 e. The summed E-state index contributed by atoms with van der Waals surface area (Å²) in [6.07, 6.45) is 9.00. The second-order valence-electron chi connectivity index (χ2n) is 11.3. The molecule has 0 saturated carbocycles. The van der Waals surface area contributed by atoms with E-state index in [1.807, 2.05) is 12.4 Å². The largest absolute Gasteiger partial charge is 0.342 e. The Balaban J connectivity index is 1.97. The molecular weight excluding hydrogens is 484 g/mol. The predicted molar refractivity (Wildman–Crippen MR) is 168 cm³/mol. The molecule has 0 unspecified atom stereocenters. The number of nitrogens with one attached hydrogen (secondary N) is 3. The number of hydrogen-bond acceptors (Lipinski definition) is 5. The van der Waals surface area contributed by atoms with E-state index in [1.165, 1.54) is 33.0 Å². The summed E-state index contributed by atoms with van der Waals surface area (Å²) >= 11 is 1.64. The Morgan fingerprint density at radius 3 is 2.24 bits per heavy atom. The van der Waals surface area contributed by atoms with Gasteiger partial charge < -0.3 is 10.6 Å². The van der Waals surface area contributed by atoms with E-state index in [0.717, 1.165) is 30.2 Å². The van der Waals surface area contributed by atoms with Gasteiger partial charge in [0.15, 0.2) is 0 Å². The molecule has 0 radical (unpaired) electrons. The number of anilines is 1. The maximum absolute atomic E-state index is 4.36. The molecule has 3 rings (SSSR count). The molecule has 0 aliphatic heterocycles. The summed E-state index contributed by atoms with van der Waals surface area (Å²) in [4.78, 5) is 4.21. The normalized spacial score (nSPS) is 13.3. The average molecular weight is 529 g/mol. The zero-order valence-electron chi connectivity index (χ0n) is 24.3. The summed E-state index contributed by atoms with van der Waals surface area (Å²) in [6, 6.07) is 17.2. The van der Waals surface area contributed by atoms with E-state index in [9.17, 15) is 0 Å². The van der Waals surface area contributed by atoms with Crippen LogP contribution < -0.4 is 15.4 Å². The lowest BCUT2D eigenvalue weighted by atomic mass is 9.76. The van der Waals surface area contributed by atoms with Crippen molar-refractivity contribution in [3.05, 3.63) is 107 Å². The van der Waals surface area contributed by atoms with Crippen molar-refractivity contribution in [2.45, 2.75) is 60.3 Å². The van der Waals surface area contributed by atoms with E-state index >= 15 is 0 Å². The Hall–Kier alpha value is -3.02. The Morgan fingerprint density at radius 1 is 0.974 bits per heavy atom. The molecule has 1 heterocycles. The van der Waals surface area contributed by atoms with Crippen molar-refractivity contribution >= 4 is 28.4 Å². The fourth-order valence-electron chi connectivity index (χ4n) is 4.46. The second kappa shape index (κ2) is 12.7. The topological polar surface area (TPSA) is 49.0 Å². The van der Waals surface area contributed by atoms with Crippen LogP contribution in [0.2, 0.25) is 0 Å². The van der Waals surface area contributed by atoms with Crippen molar-refractivity contribution in [3.8, 4) is 0 Å². The zero-order chi connectivity index (χ0) is 27.9. The van der Waals surface area contributed by atoms with Gasteiger partial charge in [-0.25, -0.2) is 0 Å². The highest BCUT2D eigenvalue weighted by atomic mass is 32.2. The fourth-order valence-corrected chi connectivity index (χ4v) is 4.78. The summed E-state index contributed by atoms with van der Waals surface area (Å²) in [6.45, 7) is 20.9. The van der Waals surface area contributed by atoms with Gasteiger partial charge in [-0.3, -0.25) is 9.71 Å². The van der Waals surface area contributed by atoms with E-state index < -0.39 is 0 Å². The third-order valence-electron chi connectivity index (χ3n) is 7.35. The maximum atomic E-state index is 4.36. The highest BCUT2D eigenvalue weighted by molar-refractivity contribution is 7.96. The Morgan fingerprint density at radius 2 is 1.63 bits per heavy atom. The summed E-state index contributed by atoms with van der Waals surface area (Å²) in [5.74, 6) is 0.749. The van der Waals surface area contributed by atoms with E-state index in [4.69, 9.17) is 0 Å². The molecule has 4 nitrogen and oxygen atoms in total. The molecule has 0 amide bonds. The number of nitrogens with zero attached hydrogens (tertiary/aromatic N) is 1. The first-order valence-corrected chi connectivity index (χ1v) is 14.5. The number of benzene rings is 2. The van der Waals surface area contributed by atoms with Crippen molar-refractivity contribution in [2.24, 2.45) is 5.41 Å². The average Bonchev–Trinajstić information content (AvgIpc) is 2.89. The zero-order valence-corrected chi connectivity index (χ0v) is 25.1. The van der Waals surface area contributed by atoms with Crippen molar-refractivity contribution in [3.63, 3.8) is 0 Å². The van der Waals surface area contributed by atoms with Gasteiger partial charge in [0, 0.05) is 41.1 Å². The van der Waals surface area contributed by atoms with Crippen LogP contribution in [0, 0.1) is 5.41 Å². The van der Waals surface area contributed by atoms with Gasteiger partial charge in [-0.1, -0.05) is 96.0 Å². The van der Waals surface area contributed by atoms with Crippen molar-refractivity contribution in [1.29, 1.82) is 0 Å². The van der Waals surface area contributed by atoms with Crippen LogP contribution in [-0.2, 0) is 5.41 Å². The lowest BCUT2D eigenvalue weighted by molar-refractivity contribution is 0.503. The summed E-state index contributed by atoms with van der Waals surface area (Å²) in [5, 5.41) is 9.58. The van der Waals surface area contributed by atoms with Gasteiger partial charge >= 0.3 is 0 Å². The minimum atomic E-state index is -0.165. The molecule has 202 valence electrons. The van der Waals surface area contributed by atoms with E-state index in [-0.39, 0.29) is 10.8 Å². The lowest BCUT2D eigenvalue weighted by Gasteiger charge is -2.28. The van der Waals surface area contributed by atoms with Crippen LogP contribution in [0.25, 0.3) is 10.8 Å². The number of fused-ring (bicyclic) bond motifs is 1. The molecule has 0 spiro atoms. The third kappa shape index (κ3) is 7.09. The van der Waals surface area contributed by atoms with Crippen LogP contribution in [0.15, 0.2) is 96.2 Å². The molecule has 0 saturated heterocycles. The summed E-state index contributed by atoms with van der Waals surface area (Å²) in [7, 11) is 0. The first kappa shape index (κ1) is 29.5. The minimum Gasteiger partial charge on any atom is -0.342 e. The molecule has 0 aliphatic rings. The molecule has 2 aromatic carbocycles. The summed E-state index contributed by atoms with van der Waals surface area (Å²) in [5.41, 5.74) is 7.20. The third-order valence-corrected chi connectivity index (χ3v) is 7.78. The van der Waals surface area contributed by atoms with Gasteiger partial charge in [-0.05, 0) is 71.4 Å². The number of hydrogen-bond donors (Lipinski definition) is 3. The molecular formula is C33H44N4S. The van der Waals surface area contributed by atoms with E-state index in [0.29, 0.717) is 0 Å². The molecule has 0 aliphatic carbocycles. The SMILES string of the molecule is C=C(NC(/C=C(\C)C(C)(C)C)=C(\CC)CNSC)Nc1ccc(C(C)(C)c2ccncc2)c2ccccc12. The Labute approximate surface area is 234 Å². The molecule has 3 N–H and O–H groups in total. The minimum absolute atomic E-state index is 0.0845. The van der Waals surface area contributed by atoms with Crippen LogP contribution in [0.5, 0.6) is 0 Å². The molecule has 1 aromatic heterocycles. The van der Waals surface area contributed by atoms with Crippen molar-refractivity contribution < 1.29 is 0 Å². The van der Waals surface area contributed by atoms with Gasteiger partial charge in [0.05, 0.1) is 0 Å². The smallest absolute Gasteiger partial charge is 0.100 e. The van der Waals surface area contributed by atoms with Crippen LogP contribution in [-0.4, -0.2) is 17.8 Å². The Bertz CT molecular complexity index is 1310. The van der Waals surface area contributed by atoms with Crippen LogP contribution in [0.1, 0.15) is 66.0 Å². The van der Waals surface area contributed by atoms with Gasteiger partial charge in [-0.2, -0.15) is 0 Å². The molecule has 0 bridgehead atoms. The number of rotatable bonds is 11. The molecule has 0 atom stereocenters. The number of allylic oxidation sites excluding steroid dienone is 2. The van der Waals surface area contributed by atoms with Gasteiger partial charge in [-0.15, -0.1) is 0 Å². The first-order chi connectivity index (χ1) is 18.0. The van der Waals surface area contributed by atoms with Crippen LogP contribution in [0.3, 0.4) is 0 Å². The van der Waals surface area contributed by atoms with Gasteiger partial charge in [0.25, 0.3) is 0 Å². The van der Waals surface area contributed by atoms with E-state index in [1.54, 1.807) is 11.9 Å². The quantitative estimate of drug-likeness (QED) is 0.172. The highest BCUT2D eigenvalue weighted by Gasteiger charge is 2.25. The fraction of sp³-hybridized carbons (Fsp3) is 0.364. The standard InChI is InChI=1S/C33H44N4S/c1-10-25(22-35-38-9)31(21-23(2)32(4,5)6)37-24(3)36-30-16-15-29(27-13-11-12-14-28(27)30)33(7,8)26-17-19-34-20-18-26/h11-21,35-37H,3,10,22H2,1-2,4-9H3/b23-21+,31-25+. The molecule has 5 heteroatoms. The first-order valence-electron chi connectivity index (χ1n) is 13.3. The molecule has 0 fully saturated rings. The summed E-state index contributed by atoms with van der Waals surface area (Å²) < 4.78 is 3.41. The van der Waals surface area contributed by atoms with Crippen LogP contribution in [0.4, 0.5) is 5.69 Å². The second-order valence-corrected chi connectivity index (χ2v) is 12.0. The monoisotopic (exact) mass is 528 g/mol. The molecule has 38 heavy (non-hydrogen) atoms. The highest BCUT2D eigenvalue weighted by Crippen LogP contribution is 2.38. The van der Waals surface area contributed by atoms with Gasteiger partial charge in [0.1, 0.15) is 5.82 Å². The van der Waals surface area contributed by atoms with Crippen LogP contribution >= 0.6 is 11.9 Å². The van der Waals surface area contributed by atoms with Crippen molar-refractivity contribution in [2.75, 3.05) is 18.1 Å². The molecule has 3 aromatic rings. The van der Waals surface area contributed by atoms with Crippen molar-refractivity contribution in [1.82, 2.24) is 15.0 Å². The predicted octanol–water partition coefficient (Wildman–Crippen LogP) is 8.56. The number of aromatic nitrogens is 1. The van der Waals surface area contributed by atoms with E-state index in [2.05, 4.69) is 136 Å². The lowest BCUT2D eigenvalue weighted by Crippen LogP contribution is -2.23. The Kier molecular flexibility index (Phi) is 9.86. The van der Waals surface area contributed by atoms with Gasteiger partial charge in [0.2, 0.25) is 0 Å².